The number of nitrogens with one attached hydrogen (secondary N) is 1. The molecule has 1 fully saturated rings. The van der Waals surface area contributed by atoms with E-state index in [2.05, 4.69) is 10.5 Å². The summed E-state index contributed by atoms with van der Waals surface area (Å²) in [5.74, 6) is -0.713. The number of hydrogen-bond acceptors (Lipinski definition) is 3. The lowest BCUT2D eigenvalue weighted by molar-refractivity contribution is -0.126. The zero-order valence-electron chi connectivity index (χ0n) is 12.9. The molecule has 2 aromatic rings. The first-order chi connectivity index (χ1) is 11.6. The fourth-order valence-corrected chi connectivity index (χ4v) is 2.68. The Kier molecular flexibility index (Phi) is 4.91. The van der Waals surface area contributed by atoms with E-state index in [0.29, 0.717) is 11.6 Å². The number of benzene rings is 2. The molecule has 1 saturated heterocycles. The first-order valence-electron chi connectivity index (χ1n) is 7.57. The fourth-order valence-electron chi connectivity index (χ4n) is 2.55. The topological polar surface area (TPSA) is 61.8 Å². The van der Waals surface area contributed by atoms with Crippen molar-refractivity contribution in [2.75, 3.05) is 11.4 Å². The van der Waals surface area contributed by atoms with Crippen LogP contribution in [-0.4, -0.2) is 24.6 Å². The average Bonchev–Trinajstić information content (AvgIpc) is 2.99. The summed E-state index contributed by atoms with van der Waals surface area (Å²) in [6, 6.07) is 16.4. The van der Waals surface area contributed by atoms with Crippen LogP contribution in [0, 0.1) is 5.92 Å². The normalized spacial score (nSPS) is 17.5. The van der Waals surface area contributed by atoms with Crippen molar-refractivity contribution in [3.05, 3.63) is 65.2 Å². The molecule has 1 N–H and O–H groups in total. The Morgan fingerprint density at radius 2 is 1.88 bits per heavy atom. The Morgan fingerprint density at radius 3 is 2.58 bits per heavy atom. The molecule has 1 atom stereocenters. The number of para-hydroxylation sites is 1. The summed E-state index contributed by atoms with van der Waals surface area (Å²) in [4.78, 5) is 25.9. The minimum absolute atomic E-state index is 0.0527. The molecule has 6 heteroatoms. The standard InChI is InChI=1S/C18H16ClN3O2/c19-15-8-6-13(7-9-15)11-20-21-18(24)14-10-17(23)22(12-14)16-4-2-1-3-5-16/h1-9,11,14H,10,12H2,(H,21,24). The van der Waals surface area contributed by atoms with Crippen LogP contribution >= 0.6 is 11.6 Å². The van der Waals surface area contributed by atoms with Gasteiger partial charge in [-0.3, -0.25) is 9.59 Å². The van der Waals surface area contributed by atoms with Crippen LogP contribution in [0.5, 0.6) is 0 Å². The second-order valence-electron chi connectivity index (χ2n) is 5.53. The van der Waals surface area contributed by atoms with E-state index in [1.807, 2.05) is 30.3 Å². The van der Waals surface area contributed by atoms with Crippen LogP contribution in [-0.2, 0) is 9.59 Å². The van der Waals surface area contributed by atoms with Crippen molar-refractivity contribution in [2.45, 2.75) is 6.42 Å². The van der Waals surface area contributed by atoms with Gasteiger partial charge in [-0.1, -0.05) is 41.9 Å². The largest absolute Gasteiger partial charge is 0.312 e. The second kappa shape index (κ2) is 7.27. The Morgan fingerprint density at radius 1 is 1.17 bits per heavy atom. The van der Waals surface area contributed by atoms with E-state index in [4.69, 9.17) is 11.6 Å². The molecule has 1 aliphatic heterocycles. The number of hydrazone groups is 1. The summed E-state index contributed by atoms with van der Waals surface area (Å²) in [5.41, 5.74) is 4.13. The molecule has 0 saturated carbocycles. The molecular formula is C18H16ClN3O2. The first kappa shape index (κ1) is 16.2. The van der Waals surface area contributed by atoms with Crippen LogP contribution in [0.2, 0.25) is 5.02 Å². The Bertz CT molecular complexity index is 760. The molecule has 24 heavy (non-hydrogen) atoms. The van der Waals surface area contributed by atoms with E-state index in [1.54, 1.807) is 35.4 Å². The highest BCUT2D eigenvalue weighted by Gasteiger charge is 2.34. The van der Waals surface area contributed by atoms with Crippen molar-refractivity contribution in [1.82, 2.24) is 5.43 Å². The van der Waals surface area contributed by atoms with Gasteiger partial charge >= 0.3 is 0 Å². The minimum Gasteiger partial charge on any atom is -0.312 e. The van der Waals surface area contributed by atoms with Crippen LogP contribution in [0.25, 0.3) is 0 Å². The third-order valence-electron chi connectivity index (χ3n) is 3.82. The summed E-state index contributed by atoms with van der Waals surface area (Å²) in [5, 5.41) is 4.58. The third kappa shape index (κ3) is 3.81. The maximum absolute atomic E-state index is 12.2. The monoisotopic (exact) mass is 341 g/mol. The molecule has 2 aromatic carbocycles. The molecule has 3 rings (SSSR count). The van der Waals surface area contributed by atoms with Gasteiger partial charge in [0.25, 0.3) is 0 Å². The average molecular weight is 342 g/mol. The van der Waals surface area contributed by atoms with Gasteiger partial charge in [0, 0.05) is 23.7 Å². The number of anilines is 1. The van der Waals surface area contributed by atoms with Crippen molar-refractivity contribution in [2.24, 2.45) is 11.0 Å². The van der Waals surface area contributed by atoms with Gasteiger partial charge in [-0.25, -0.2) is 5.43 Å². The van der Waals surface area contributed by atoms with Gasteiger partial charge in [0.05, 0.1) is 12.1 Å². The molecule has 0 bridgehead atoms. The van der Waals surface area contributed by atoms with Gasteiger partial charge < -0.3 is 4.90 Å². The van der Waals surface area contributed by atoms with Crippen LogP contribution in [0.1, 0.15) is 12.0 Å². The molecule has 0 aliphatic carbocycles. The highest BCUT2D eigenvalue weighted by Crippen LogP contribution is 2.24. The van der Waals surface area contributed by atoms with Crippen molar-refractivity contribution in [1.29, 1.82) is 0 Å². The van der Waals surface area contributed by atoms with Crippen molar-refractivity contribution < 1.29 is 9.59 Å². The lowest BCUT2D eigenvalue weighted by Crippen LogP contribution is -2.30. The van der Waals surface area contributed by atoms with Gasteiger partial charge in [0.15, 0.2) is 0 Å². The van der Waals surface area contributed by atoms with E-state index in [-0.39, 0.29) is 18.2 Å². The molecule has 1 aliphatic rings. The van der Waals surface area contributed by atoms with Crippen molar-refractivity contribution in [3.8, 4) is 0 Å². The summed E-state index contributed by atoms with van der Waals surface area (Å²) in [6.45, 7) is 0.366. The number of halogens is 1. The molecule has 1 unspecified atom stereocenters. The number of rotatable bonds is 4. The van der Waals surface area contributed by atoms with Crippen LogP contribution in [0.15, 0.2) is 59.7 Å². The second-order valence-corrected chi connectivity index (χ2v) is 5.96. The highest BCUT2D eigenvalue weighted by molar-refractivity contribution is 6.30. The minimum atomic E-state index is -0.403. The quantitative estimate of drug-likeness (QED) is 0.686. The summed E-state index contributed by atoms with van der Waals surface area (Å²) >= 11 is 5.81. The zero-order valence-corrected chi connectivity index (χ0v) is 13.6. The van der Waals surface area contributed by atoms with E-state index >= 15 is 0 Å². The predicted molar refractivity (Wildman–Crippen MR) is 94.1 cm³/mol. The molecule has 0 spiro atoms. The molecule has 122 valence electrons. The lowest BCUT2D eigenvalue weighted by Gasteiger charge is -2.16. The Hall–Kier alpha value is -2.66. The van der Waals surface area contributed by atoms with E-state index in [9.17, 15) is 9.59 Å². The molecule has 5 nitrogen and oxygen atoms in total. The van der Waals surface area contributed by atoms with Gasteiger partial charge in [-0.2, -0.15) is 5.10 Å². The maximum Gasteiger partial charge on any atom is 0.245 e. The maximum atomic E-state index is 12.2. The van der Waals surface area contributed by atoms with Gasteiger partial charge in [0.2, 0.25) is 11.8 Å². The molecule has 0 aromatic heterocycles. The zero-order chi connectivity index (χ0) is 16.9. The number of carbonyl (C=O) groups excluding carboxylic acids is 2. The van der Waals surface area contributed by atoms with Crippen LogP contribution < -0.4 is 10.3 Å². The highest BCUT2D eigenvalue weighted by atomic mass is 35.5. The molecule has 0 radical (unpaired) electrons. The van der Waals surface area contributed by atoms with E-state index < -0.39 is 5.92 Å². The Balaban J connectivity index is 1.58. The van der Waals surface area contributed by atoms with Gasteiger partial charge in [-0.05, 0) is 29.8 Å². The number of hydrogen-bond donors (Lipinski definition) is 1. The molecule has 1 heterocycles. The molecule has 2 amide bonds. The number of amides is 2. The van der Waals surface area contributed by atoms with Crippen molar-refractivity contribution >= 4 is 35.3 Å². The van der Waals surface area contributed by atoms with E-state index in [0.717, 1.165) is 11.3 Å². The fraction of sp³-hybridized carbons (Fsp3) is 0.167. The number of carbonyl (C=O) groups is 2. The smallest absolute Gasteiger partial charge is 0.245 e. The lowest BCUT2D eigenvalue weighted by atomic mass is 10.1. The first-order valence-corrected chi connectivity index (χ1v) is 7.95. The van der Waals surface area contributed by atoms with Crippen molar-refractivity contribution in [3.63, 3.8) is 0 Å². The Labute approximate surface area is 144 Å². The summed E-state index contributed by atoms with van der Waals surface area (Å²) in [6.07, 6.45) is 1.73. The van der Waals surface area contributed by atoms with Gasteiger partial charge in [0.1, 0.15) is 0 Å². The van der Waals surface area contributed by atoms with Crippen LogP contribution in [0.4, 0.5) is 5.69 Å². The SMILES string of the molecule is O=C(NN=Cc1ccc(Cl)cc1)C1CC(=O)N(c2ccccc2)C1. The number of nitrogens with zero attached hydrogens (tertiary/aromatic N) is 2. The molecular weight excluding hydrogens is 326 g/mol. The van der Waals surface area contributed by atoms with E-state index in [1.165, 1.54) is 0 Å². The van der Waals surface area contributed by atoms with Gasteiger partial charge in [-0.15, -0.1) is 0 Å². The van der Waals surface area contributed by atoms with Crippen LogP contribution in [0.3, 0.4) is 0 Å². The summed E-state index contributed by atoms with van der Waals surface area (Å²) in [7, 11) is 0. The predicted octanol–water partition coefficient (Wildman–Crippen LogP) is 2.84. The summed E-state index contributed by atoms with van der Waals surface area (Å²) < 4.78 is 0. The third-order valence-corrected chi connectivity index (χ3v) is 4.07.